The molecule has 2 fully saturated rings. The first kappa shape index (κ1) is 15.4. The van der Waals surface area contributed by atoms with Crippen molar-refractivity contribution in [3.8, 4) is 0 Å². The average molecular weight is 281 g/mol. The van der Waals surface area contributed by atoms with Crippen LogP contribution < -0.4 is 5.32 Å². The van der Waals surface area contributed by atoms with Crippen LogP contribution in [-0.4, -0.2) is 66.3 Å². The highest BCUT2D eigenvalue weighted by Gasteiger charge is 2.34. The van der Waals surface area contributed by atoms with E-state index in [0.29, 0.717) is 18.6 Å². The molecule has 0 aromatic carbocycles. The van der Waals surface area contributed by atoms with Crippen molar-refractivity contribution in [1.82, 2.24) is 15.1 Å². The van der Waals surface area contributed by atoms with Gasteiger partial charge in [0, 0.05) is 44.2 Å². The van der Waals surface area contributed by atoms with Crippen LogP contribution in [0.25, 0.3) is 0 Å². The quantitative estimate of drug-likeness (QED) is 0.797. The van der Waals surface area contributed by atoms with Crippen molar-refractivity contribution in [3.05, 3.63) is 0 Å². The Labute approximate surface area is 121 Å². The van der Waals surface area contributed by atoms with Gasteiger partial charge in [0.05, 0.1) is 6.54 Å². The maximum atomic E-state index is 11.7. The first-order chi connectivity index (χ1) is 9.45. The smallest absolute Gasteiger partial charge is 0.222 e. The normalized spacial score (nSPS) is 22.8. The van der Waals surface area contributed by atoms with Gasteiger partial charge in [0.25, 0.3) is 0 Å². The van der Waals surface area contributed by atoms with Crippen LogP contribution >= 0.6 is 0 Å². The van der Waals surface area contributed by atoms with E-state index < -0.39 is 0 Å². The van der Waals surface area contributed by atoms with E-state index in [0.717, 1.165) is 39.0 Å². The van der Waals surface area contributed by atoms with E-state index in [1.165, 1.54) is 0 Å². The number of hydrogen-bond donors (Lipinski definition) is 1. The van der Waals surface area contributed by atoms with Crippen molar-refractivity contribution >= 4 is 11.7 Å². The molecule has 2 heterocycles. The van der Waals surface area contributed by atoms with Crippen molar-refractivity contribution in [3.63, 3.8) is 0 Å². The SMILES string of the molecule is CC(=O)CN1CC(N2CCC(NC(=O)C(C)C)CC2)C1. The van der Waals surface area contributed by atoms with E-state index in [1.807, 2.05) is 13.8 Å². The molecule has 0 aromatic rings. The molecule has 1 amide bonds. The minimum absolute atomic E-state index is 0.0693. The highest BCUT2D eigenvalue weighted by atomic mass is 16.2. The summed E-state index contributed by atoms with van der Waals surface area (Å²) in [5, 5.41) is 3.13. The van der Waals surface area contributed by atoms with Crippen LogP contribution in [0.1, 0.15) is 33.6 Å². The Hall–Kier alpha value is -0.940. The summed E-state index contributed by atoms with van der Waals surface area (Å²) in [7, 11) is 0. The molecule has 0 spiro atoms. The fourth-order valence-corrected chi connectivity index (χ4v) is 2.99. The van der Waals surface area contributed by atoms with Gasteiger partial charge in [0.2, 0.25) is 5.91 Å². The number of rotatable bonds is 5. The summed E-state index contributed by atoms with van der Waals surface area (Å²) in [5.74, 6) is 0.484. The number of ketones is 1. The van der Waals surface area contributed by atoms with Gasteiger partial charge in [-0.25, -0.2) is 0 Å². The summed E-state index contributed by atoms with van der Waals surface area (Å²) in [6.07, 6.45) is 2.09. The van der Waals surface area contributed by atoms with Crippen molar-refractivity contribution in [2.45, 2.75) is 45.7 Å². The van der Waals surface area contributed by atoms with Crippen LogP contribution in [0.15, 0.2) is 0 Å². The predicted molar refractivity (Wildman–Crippen MR) is 78.5 cm³/mol. The van der Waals surface area contributed by atoms with Crippen molar-refractivity contribution in [2.75, 3.05) is 32.7 Å². The Balaban J connectivity index is 1.65. The largest absolute Gasteiger partial charge is 0.353 e. The molecule has 0 aromatic heterocycles. The monoisotopic (exact) mass is 281 g/mol. The lowest BCUT2D eigenvalue weighted by atomic mass is 9.99. The van der Waals surface area contributed by atoms with E-state index in [-0.39, 0.29) is 17.6 Å². The molecule has 20 heavy (non-hydrogen) atoms. The molecule has 5 heteroatoms. The first-order valence-corrected chi connectivity index (χ1v) is 7.72. The highest BCUT2D eigenvalue weighted by molar-refractivity contribution is 5.78. The highest BCUT2D eigenvalue weighted by Crippen LogP contribution is 2.20. The molecule has 0 saturated carbocycles. The summed E-state index contributed by atoms with van der Waals surface area (Å²) >= 11 is 0. The van der Waals surface area contributed by atoms with E-state index in [9.17, 15) is 9.59 Å². The van der Waals surface area contributed by atoms with Crippen molar-refractivity contribution < 1.29 is 9.59 Å². The third-order valence-electron chi connectivity index (χ3n) is 4.30. The standard InChI is InChI=1S/C15H27N3O2/c1-11(2)15(20)16-13-4-6-18(7-5-13)14-9-17(10-14)8-12(3)19/h11,13-14H,4-10H2,1-3H3,(H,16,20). The second-order valence-electron chi connectivity index (χ2n) is 6.52. The molecule has 5 nitrogen and oxygen atoms in total. The van der Waals surface area contributed by atoms with E-state index >= 15 is 0 Å². The summed E-state index contributed by atoms with van der Waals surface area (Å²) in [5.41, 5.74) is 0. The summed E-state index contributed by atoms with van der Waals surface area (Å²) in [6, 6.07) is 0.950. The van der Waals surface area contributed by atoms with Gasteiger partial charge in [-0.05, 0) is 19.8 Å². The Morgan fingerprint density at radius 1 is 1.20 bits per heavy atom. The molecule has 2 rings (SSSR count). The van der Waals surface area contributed by atoms with Gasteiger partial charge in [-0.1, -0.05) is 13.8 Å². The lowest BCUT2D eigenvalue weighted by Gasteiger charge is -2.47. The molecule has 2 saturated heterocycles. The second kappa shape index (κ2) is 6.68. The molecule has 2 aliphatic rings. The van der Waals surface area contributed by atoms with Gasteiger partial charge in [-0.2, -0.15) is 0 Å². The molecule has 114 valence electrons. The second-order valence-corrected chi connectivity index (χ2v) is 6.52. The molecule has 0 radical (unpaired) electrons. The van der Waals surface area contributed by atoms with Crippen LogP contribution in [-0.2, 0) is 9.59 Å². The minimum atomic E-state index is 0.0693. The molecule has 1 N–H and O–H groups in total. The number of likely N-dealkylation sites (tertiary alicyclic amines) is 2. The Morgan fingerprint density at radius 2 is 1.80 bits per heavy atom. The van der Waals surface area contributed by atoms with Crippen LogP contribution in [0.3, 0.4) is 0 Å². The Morgan fingerprint density at radius 3 is 2.30 bits per heavy atom. The molecular weight excluding hydrogens is 254 g/mol. The van der Waals surface area contributed by atoms with E-state index in [4.69, 9.17) is 0 Å². The molecule has 0 aliphatic carbocycles. The number of piperidine rings is 1. The number of amides is 1. The average Bonchev–Trinajstić information content (AvgIpc) is 2.34. The number of nitrogens with zero attached hydrogens (tertiary/aromatic N) is 2. The number of hydrogen-bond acceptors (Lipinski definition) is 4. The van der Waals surface area contributed by atoms with Crippen LogP contribution in [0, 0.1) is 5.92 Å². The topological polar surface area (TPSA) is 52.7 Å². The minimum Gasteiger partial charge on any atom is -0.353 e. The number of Topliss-reactive ketones (excluding diaryl/α,β-unsaturated/α-hetero) is 1. The molecule has 0 bridgehead atoms. The molecule has 0 atom stereocenters. The lowest BCUT2D eigenvalue weighted by molar-refractivity contribution is -0.125. The van der Waals surface area contributed by atoms with Crippen LogP contribution in [0.4, 0.5) is 0 Å². The summed E-state index contributed by atoms with van der Waals surface area (Å²) in [4.78, 5) is 27.4. The first-order valence-electron chi connectivity index (χ1n) is 7.72. The third-order valence-corrected chi connectivity index (χ3v) is 4.30. The van der Waals surface area contributed by atoms with Gasteiger partial charge >= 0.3 is 0 Å². The predicted octanol–water partition coefficient (Wildman–Crippen LogP) is 0.496. The Kier molecular flexibility index (Phi) is 5.16. The molecule has 0 unspecified atom stereocenters. The fourth-order valence-electron chi connectivity index (χ4n) is 2.99. The summed E-state index contributed by atoms with van der Waals surface area (Å²) in [6.45, 7) is 10.3. The zero-order chi connectivity index (χ0) is 14.7. The van der Waals surface area contributed by atoms with Gasteiger partial charge in [0.1, 0.15) is 5.78 Å². The van der Waals surface area contributed by atoms with Crippen LogP contribution in [0.2, 0.25) is 0 Å². The maximum Gasteiger partial charge on any atom is 0.222 e. The van der Waals surface area contributed by atoms with E-state index in [2.05, 4.69) is 15.1 Å². The van der Waals surface area contributed by atoms with Crippen molar-refractivity contribution in [2.24, 2.45) is 5.92 Å². The number of carbonyl (C=O) groups is 2. The maximum absolute atomic E-state index is 11.7. The van der Waals surface area contributed by atoms with Gasteiger partial charge < -0.3 is 5.32 Å². The van der Waals surface area contributed by atoms with Gasteiger partial charge in [-0.3, -0.25) is 19.4 Å². The zero-order valence-electron chi connectivity index (χ0n) is 12.9. The van der Waals surface area contributed by atoms with Crippen molar-refractivity contribution in [1.29, 1.82) is 0 Å². The Bertz CT molecular complexity index is 356. The zero-order valence-corrected chi connectivity index (χ0v) is 12.9. The van der Waals surface area contributed by atoms with Gasteiger partial charge in [-0.15, -0.1) is 0 Å². The summed E-state index contributed by atoms with van der Waals surface area (Å²) < 4.78 is 0. The number of carbonyl (C=O) groups excluding carboxylic acids is 2. The fraction of sp³-hybridized carbons (Fsp3) is 0.867. The molecular formula is C15H27N3O2. The third kappa shape index (κ3) is 4.03. The number of nitrogens with one attached hydrogen (secondary N) is 1. The van der Waals surface area contributed by atoms with Crippen LogP contribution in [0.5, 0.6) is 0 Å². The molecule has 2 aliphatic heterocycles. The lowest BCUT2D eigenvalue weighted by Crippen LogP contribution is -2.62. The van der Waals surface area contributed by atoms with Gasteiger partial charge in [0.15, 0.2) is 0 Å². The van der Waals surface area contributed by atoms with E-state index in [1.54, 1.807) is 6.92 Å².